The molecule has 0 bridgehead atoms. The minimum Gasteiger partial charge on any atom is -0.497 e. The third kappa shape index (κ3) is 5.12. The summed E-state index contributed by atoms with van der Waals surface area (Å²) in [4.78, 5) is 12.5. The van der Waals surface area contributed by atoms with Gasteiger partial charge < -0.3 is 19.9 Å². The molecule has 174 valence electrons. The average Bonchev–Trinajstić information content (AvgIpc) is 2.81. The van der Waals surface area contributed by atoms with Crippen molar-refractivity contribution < 1.29 is 27.4 Å². The first kappa shape index (κ1) is 24.1. The van der Waals surface area contributed by atoms with Crippen LogP contribution in [0.2, 0.25) is 0 Å². The van der Waals surface area contributed by atoms with Crippen molar-refractivity contribution in [3.05, 3.63) is 77.4 Å². The predicted molar refractivity (Wildman–Crippen MR) is 126 cm³/mol. The van der Waals surface area contributed by atoms with Gasteiger partial charge in [-0.05, 0) is 49.7 Å². The average molecular weight is 470 g/mol. The van der Waals surface area contributed by atoms with Gasteiger partial charge in [0.25, 0.3) is 0 Å². The number of anilines is 1. The Hall–Kier alpha value is -3.52. The van der Waals surface area contributed by atoms with Gasteiger partial charge in [-0.15, -0.1) is 0 Å². The van der Waals surface area contributed by atoms with Crippen LogP contribution in [-0.2, 0) is 21.0 Å². The van der Waals surface area contributed by atoms with E-state index >= 15 is 0 Å². The number of methoxy groups -OCH3 is 2. The molecule has 3 rings (SSSR count). The Balaban J connectivity index is 2.28. The number of sulfone groups is 1. The second-order valence-electron chi connectivity index (χ2n) is 7.64. The van der Waals surface area contributed by atoms with E-state index in [1.54, 1.807) is 26.0 Å². The SMILES string of the molecule is COC(=O)c1cc(S(=O)(=O)c2ccc(OC)cc2)c(N)c(OC(C)C)c1Cc1ccccc1. The molecule has 2 N–H and O–H groups in total. The van der Waals surface area contributed by atoms with Crippen LogP contribution in [-0.4, -0.2) is 34.7 Å². The van der Waals surface area contributed by atoms with Crippen molar-refractivity contribution in [2.24, 2.45) is 0 Å². The highest BCUT2D eigenvalue weighted by Gasteiger charge is 2.30. The smallest absolute Gasteiger partial charge is 0.338 e. The minimum absolute atomic E-state index is 0.0112. The van der Waals surface area contributed by atoms with Gasteiger partial charge in [-0.25, -0.2) is 13.2 Å². The van der Waals surface area contributed by atoms with Gasteiger partial charge in [0.15, 0.2) is 0 Å². The molecule has 8 heteroatoms. The minimum atomic E-state index is -4.08. The molecule has 0 aliphatic carbocycles. The first-order valence-corrected chi connectivity index (χ1v) is 11.8. The maximum Gasteiger partial charge on any atom is 0.338 e. The van der Waals surface area contributed by atoms with Crippen molar-refractivity contribution in [1.29, 1.82) is 0 Å². The largest absolute Gasteiger partial charge is 0.497 e. The molecule has 3 aromatic rings. The van der Waals surface area contributed by atoms with E-state index in [0.29, 0.717) is 17.7 Å². The van der Waals surface area contributed by atoms with Crippen LogP contribution < -0.4 is 15.2 Å². The van der Waals surface area contributed by atoms with Crippen LogP contribution in [0, 0.1) is 0 Å². The van der Waals surface area contributed by atoms with Crippen molar-refractivity contribution in [3.63, 3.8) is 0 Å². The fourth-order valence-corrected chi connectivity index (χ4v) is 4.84. The Kier molecular flexibility index (Phi) is 7.28. The number of benzene rings is 3. The Morgan fingerprint density at radius 2 is 1.64 bits per heavy atom. The van der Waals surface area contributed by atoms with Crippen molar-refractivity contribution in [2.45, 2.75) is 36.2 Å². The van der Waals surface area contributed by atoms with Crippen LogP contribution in [0.15, 0.2) is 70.5 Å². The number of carbonyl (C=O) groups is 1. The molecule has 0 radical (unpaired) electrons. The van der Waals surface area contributed by atoms with Crippen molar-refractivity contribution in [3.8, 4) is 11.5 Å². The topological polar surface area (TPSA) is 105 Å². The fraction of sp³-hybridized carbons (Fsp3) is 0.240. The molecule has 0 saturated heterocycles. The number of carbonyl (C=O) groups excluding carboxylic acids is 1. The number of esters is 1. The Bertz CT molecular complexity index is 1240. The van der Waals surface area contributed by atoms with E-state index in [9.17, 15) is 13.2 Å². The summed E-state index contributed by atoms with van der Waals surface area (Å²) in [5, 5.41) is 0. The maximum absolute atomic E-state index is 13.5. The number of nitrogen functional groups attached to an aromatic ring is 1. The summed E-state index contributed by atoms with van der Waals surface area (Å²) < 4.78 is 43.1. The molecular weight excluding hydrogens is 442 g/mol. The van der Waals surface area contributed by atoms with E-state index in [2.05, 4.69) is 0 Å². The first-order valence-electron chi connectivity index (χ1n) is 10.3. The Morgan fingerprint density at radius 1 is 1.00 bits per heavy atom. The van der Waals surface area contributed by atoms with E-state index < -0.39 is 15.8 Å². The van der Waals surface area contributed by atoms with Crippen LogP contribution in [0.25, 0.3) is 0 Å². The number of rotatable bonds is 8. The normalized spacial score (nSPS) is 11.3. The van der Waals surface area contributed by atoms with Crippen LogP contribution >= 0.6 is 0 Å². The highest BCUT2D eigenvalue weighted by Crippen LogP contribution is 2.40. The van der Waals surface area contributed by atoms with Crippen LogP contribution in [0.5, 0.6) is 11.5 Å². The quantitative estimate of drug-likeness (QED) is 0.388. The highest BCUT2D eigenvalue weighted by atomic mass is 32.2. The third-order valence-electron chi connectivity index (χ3n) is 5.03. The van der Waals surface area contributed by atoms with Gasteiger partial charge in [-0.1, -0.05) is 30.3 Å². The maximum atomic E-state index is 13.5. The molecule has 0 aliphatic rings. The number of hydrogen-bond acceptors (Lipinski definition) is 7. The lowest BCUT2D eigenvalue weighted by atomic mass is 9.97. The van der Waals surface area contributed by atoms with Crippen LogP contribution in [0.3, 0.4) is 0 Å². The molecule has 3 aromatic carbocycles. The summed E-state index contributed by atoms with van der Waals surface area (Å²) in [6, 6.07) is 16.6. The summed E-state index contributed by atoms with van der Waals surface area (Å²) in [5.41, 5.74) is 7.79. The summed E-state index contributed by atoms with van der Waals surface area (Å²) in [7, 11) is -1.34. The molecule has 0 amide bonds. The Labute approximate surface area is 194 Å². The zero-order valence-electron chi connectivity index (χ0n) is 19.0. The zero-order valence-corrected chi connectivity index (χ0v) is 19.8. The molecule has 0 heterocycles. The van der Waals surface area contributed by atoms with Gasteiger partial charge in [0.2, 0.25) is 9.84 Å². The van der Waals surface area contributed by atoms with Crippen LogP contribution in [0.1, 0.15) is 35.3 Å². The van der Waals surface area contributed by atoms with E-state index in [4.69, 9.17) is 19.9 Å². The summed E-state index contributed by atoms with van der Waals surface area (Å²) >= 11 is 0. The first-order chi connectivity index (χ1) is 15.7. The summed E-state index contributed by atoms with van der Waals surface area (Å²) in [5.74, 6) is -0.0104. The van der Waals surface area contributed by atoms with Gasteiger partial charge in [-0.2, -0.15) is 0 Å². The number of nitrogens with two attached hydrogens (primary N) is 1. The van der Waals surface area contributed by atoms with Gasteiger partial charge in [-0.3, -0.25) is 0 Å². The standard InChI is InChI=1S/C25H27NO6S/c1-16(2)32-24-20(14-17-8-6-5-7-9-17)21(25(27)31-4)15-22(23(24)26)33(28,29)19-12-10-18(30-3)11-13-19/h5-13,15-16H,14,26H2,1-4H3. The fourth-order valence-electron chi connectivity index (χ4n) is 3.43. The summed E-state index contributed by atoms with van der Waals surface area (Å²) in [6.07, 6.45) is -0.00770. The number of ether oxygens (including phenoxy) is 3. The molecule has 0 unspecified atom stereocenters. The number of hydrogen-bond donors (Lipinski definition) is 1. The van der Waals surface area contributed by atoms with E-state index in [1.165, 1.54) is 32.4 Å². The molecule has 33 heavy (non-hydrogen) atoms. The Morgan fingerprint density at radius 3 is 2.18 bits per heavy atom. The van der Waals surface area contributed by atoms with E-state index in [0.717, 1.165) is 5.56 Å². The third-order valence-corrected chi connectivity index (χ3v) is 6.84. The lowest BCUT2D eigenvalue weighted by molar-refractivity contribution is 0.0598. The zero-order chi connectivity index (χ0) is 24.2. The van der Waals surface area contributed by atoms with E-state index in [-0.39, 0.29) is 32.9 Å². The molecule has 7 nitrogen and oxygen atoms in total. The monoisotopic (exact) mass is 469 g/mol. The molecule has 0 atom stereocenters. The molecule has 0 fully saturated rings. The molecule has 0 saturated carbocycles. The lowest BCUT2D eigenvalue weighted by Gasteiger charge is -2.21. The van der Waals surface area contributed by atoms with Gasteiger partial charge >= 0.3 is 5.97 Å². The second kappa shape index (κ2) is 9.95. The van der Waals surface area contributed by atoms with Gasteiger partial charge in [0.05, 0.1) is 41.4 Å². The molecule has 0 spiro atoms. The predicted octanol–water partition coefficient (Wildman–Crippen LogP) is 4.27. The lowest BCUT2D eigenvalue weighted by Crippen LogP contribution is -2.17. The van der Waals surface area contributed by atoms with Crippen molar-refractivity contribution >= 4 is 21.5 Å². The second-order valence-corrected chi connectivity index (χ2v) is 9.56. The van der Waals surface area contributed by atoms with Crippen LogP contribution in [0.4, 0.5) is 5.69 Å². The van der Waals surface area contributed by atoms with Crippen molar-refractivity contribution in [1.82, 2.24) is 0 Å². The highest BCUT2D eigenvalue weighted by molar-refractivity contribution is 7.91. The van der Waals surface area contributed by atoms with E-state index in [1.807, 2.05) is 30.3 Å². The van der Waals surface area contributed by atoms with Gasteiger partial charge in [0, 0.05) is 12.0 Å². The molecule has 0 aliphatic heterocycles. The van der Waals surface area contributed by atoms with Gasteiger partial charge in [0.1, 0.15) is 11.5 Å². The van der Waals surface area contributed by atoms with Crippen molar-refractivity contribution in [2.75, 3.05) is 20.0 Å². The summed E-state index contributed by atoms with van der Waals surface area (Å²) in [6.45, 7) is 3.60. The molecule has 0 aromatic heterocycles. The molecular formula is C25H27NO6S.